The maximum absolute atomic E-state index is 10.6. The summed E-state index contributed by atoms with van der Waals surface area (Å²) >= 11 is 5.61. The van der Waals surface area contributed by atoms with Gasteiger partial charge in [0.25, 0.3) is 0 Å². The number of hydrogen-bond acceptors (Lipinski definition) is 4. The minimum absolute atomic E-state index is 0.0955. The highest BCUT2D eigenvalue weighted by Crippen LogP contribution is 2.29. The summed E-state index contributed by atoms with van der Waals surface area (Å²) in [6, 6.07) is 4.06. The van der Waals surface area contributed by atoms with E-state index in [-0.39, 0.29) is 17.7 Å². The lowest BCUT2D eigenvalue weighted by Crippen LogP contribution is -2.25. The van der Waals surface area contributed by atoms with Crippen molar-refractivity contribution in [3.8, 4) is 5.75 Å². The number of rotatable bonds is 4. The van der Waals surface area contributed by atoms with Crippen molar-refractivity contribution in [3.63, 3.8) is 0 Å². The molecule has 0 saturated heterocycles. The Morgan fingerprint density at radius 2 is 2.06 bits per heavy atom. The Bertz CT molecular complexity index is 396. The van der Waals surface area contributed by atoms with Crippen LogP contribution in [0.5, 0.6) is 5.75 Å². The summed E-state index contributed by atoms with van der Waals surface area (Å²) in [5.41, 5.74) is 4.97. The van der Waals surface area contributed by atoms with Crippen LogP contribution in [0.1, 0.15) is 18.1 Å². The molecule has 88 valence electrons. The molecule has 0 fully saturated rings. The highest BCUT2D eigenvalue weighted by Gasteiger charge is 2.22. The van der Waals surface area contributed by atoms with Crippen LogP contribution in [0.25, 0.3) is 0 Å². The number of primary amides is 1. The van der Waals surface area contributed by atoms with Crippen molar-refractivity contribution in [2.75, 3.05) is 0 Å². The summed E-state index contributed by atoms with van der Waals surface area (Å²) in [7, 11) is 0. The molecule has 2 atom stereocenters. The Morgan fingerprint density at radius 1 is 1.44 bits per heavy atom. The van der Waals surface area contributed by atoms with Gasteiger partial charge in [-0.3, -0.25) is 4.79 Å². The molecule has 0 radical (unpaired) electrons. The number of nitrogens with two attached hydrogens (primary N) is 1. The normalized spacial score (nSPS) is 14.4. The number of aliphatic hydroxyl groups is 2. The summed E-state index contributed by atoms with van der Waals surface area (Å²) in [6.45, 7) is 0. The van der Waals surface area contributed by atoms with Crippen LogP contribution in [0.2, 0.25) is 5.02 Å². The molecule has 0 spiro atoms. The number of benzene rings is 1. The summed E-state index contributed by atoms with van der Waals surface area (Å²) in [5, 5.41) is 28.9. The topological polar surface area (TPSA) is 104 Å². The molecular formula is C10H12ClNO4. The number of carbonyl (C=O) groups excluding carboxylic acids is 1. The fraction of sp³-hybridized carbons (Fsp3) is 0.300. The quantitative estimate of drug-likeness (QED) is 0.613. The molecule has 0 saturated carbocycles. The number of amides is 1. The van der Waals surface area contributed by atoms with Crippen molar-refractivity contribution in [1.82, 2.24) is 0 Å². The lowest BCUT2D eigenvalue weighted by atomic mass is 10.0. The standard InChI is InChI=1S/C10H12ClNO4/c11-5-1-2-6(7(13)3-5)10(16)8(14)4-9(12)15/h1-3,8,10,13-14,16H,4H2,(H2,12,15). The number of phenolic OH excluding ortho intramolecular Hbond substituents is 1. The molecule has 5 nitrogen and oxygen atoms in total. The average Bonchev–Trinajstić information content (AvgIpc) is 2.15. The van der Waals surface area contributed by atoms with Gasteiger partial charge in [-0.25, -0.2) is 0 Å². The zero-order chi connectivity index (χ0) is 12.3. The molecule has 0 heterocycles. The van der Waals surface area contributed by atoms with Gasteiger partial charge >= 0.3 is 0 Å². The Balaban J connectivity index is 2.87. The van der Waals surface area contributed by atoms with Gasteiger partial charge in [-0.2, -0.15) is 0 Å². The predicted molar refractivity (Wildman–Crippen MR) is 57.9 cm³/mol. The number of aliphatic hydroxyl groups excluding tert-OH is 2. The maximum Gasteiger partial charge on any atom is 0.220 e. The minimum Gasteiger partial charge on any atom is -0.508 e. The van der Waals surface area contributed by atoms with Gasteiger partial charge in [-0.15, -0.1) is 0 Å². The lowest BCUT2D eigenvalue weighted by molar-refractivity contribution is -0.121. The lowest BCUT2D eigenvalue weighted by Gasteiger charge is -2.17. The highest BCUT2D eigenvalue weighted by molar-refractivity contribution is 6.30. The molecule has 0 bridgehead atoms. The van der Waals surface area contributed by atoms with Gasteiger partial charge < -0.3 is 21.1 Å². The molecule has 6 heteroatoms. The second-order valence-electron chi connectivity index (χ2n) is 3.39. The first-order valence-corrected chi connectivity index (χ1v) is 4.92. The van der Waals surface area contributed by atoms with E-state index in [0.717, 1.165) is 0 Å². The van der Waals surface area contributed by atoms with Crippen molar-refractivity contribution < 1.29 is 20.1 Å². The number of aromatic hydroxyl groups is 1. The minimum atomic E-state index is -1.38. The predicted octanol–water partition coefficient (Wildman–Crippen LogP) is 0.315. The first-order valence-electron chi connectivity index (χ1n) is 4.54. The zero-order valence-electron chi connectivity index (χ0n) is 8.30. The first kappa shape index (κ1) is 12.8. The number of phenols is 1. The molecule has 0 aliphatic heterocycles. The van der Waals surface area contributed by atoms with Crippen LogP contribution in [0, 0.1) is 0 Å². The molecule has 1 aromatic carbocycles. The van der Waals surface area contributed by atoms with E-state index in [1.54, 1.807) is 0 Å². The van der Waals surface area contributed by atoms with Crippen molar-refractivity contribution >= 4 is 17.5 Å². The molecule has 0 aromatic heterocycles. The summed E-state index contributed by atoms with van der Waals surface area (Å²) in [5.74, 6) is -0.983. The summed E-state index contributed by atoms with van der Waals surface area (Å²) in [6.07, 6.45) is -3.13. The third-order valence-electron chi connectivity index (χ3n) is 2.09. The van der Waals surface area contributed by atoms with Crippen molar-refractivity contribution in [2.45, 2.75) is 18.6 Å². The van der Waals surface area contributed by atoms with Gasteiger partial charge in [0, 0.05) is 10.6 Å². The van der Waals surface area contributed by atoms with E-state index >= 15 is 0 Å². The SMILES string of the molecule is NC(=O)CC(O)C(O)c1ccc(Cl)cc1O. The molecule has 0 aliphatic rings. The Hall–Kier alpha value is -1.30. The molecule has 1 rings (SSSR count). The molecule has 1 amide bonds. The van der Waals surface area contributed by atoms with Crippen LogP contribution in [0.4, 0.5) is 0 Å². The third-order valence-corrected chi connectivity index (χ3v) is 2.32. The fourth-order valence-corrected chi connectivity index (χ4v) is 1.46. The van der Waals surface area contributed by atoms with Crippen LogP contribution in [-0.2, 0) is 4.79 Å². The van der Waals surface area contributed by atoms with Crippen molar-refractivity contribution in [3.05, 3.63) is 28.8 Å². The Kier molecular flexibility index (Phi) is 4.12. The van der Waals surface area contributed by atoms with E-state index in [0.29, 0.717) is 5.02 Å². The largest absolute Gasteiger partial charge is 0.508 e. The van der Waals surface area contributed by atoms with Gasteiger partial charge in [-0.1, -0.05) is 17.7 Å². The third kappa shape index (κ3) is 3.10. The second-order valence-corrected chi connectivity index (χ2v) is 3.82. The average molecular weight is 246 g/mol. The van der Waals surface area contributed by atoms with E-state index in [4.69, 9.17) is 17.3 Å². The van der Waals surface area contributed by atoms with Crippen LogP contribution in [0.15, 0.2) is 18.2 Å². The van der Waals surface area contributed by atoms with E-state index in [9.17, 15) is 20.1 Å². The van der Waals surface area contributed by atoms with Crippen molar-refractivity contribution in [1.29, 1.82) is 0 Å². The summed E-state index contributed by atoms with van der Waals surface area (Å²) < 4.78 is 0. The van der Waals surface area contributed by atoms with Crippen LogP contribution in [0.3, 0.4) is 0 Å². The molecular weight excluding hydrogens is 234 g/mol. The number of carbonyl (C=O) groups is 1. The fourth-order valence-electron chi connectivity index (χ4n) is 1.29. The Morgan fingerprint density at radius 3 is 2.56 bits per heavy atom. The van der Waals surface area contributed by atoms with Gasteiger partial charge in [0.05, 0.1) is 12.5 Å². The number of hydrogen-bond donors (Lipinski definition) is 4. The molecule has 16 heavy (non-hydrogen) atoms. The van der Waals surface area contributed by atoms with E-state index in [1.807, 2.05) is 0 Å². The van der Waals surface area contributed by atoms with E-state index < -0.39 is 18.1 Å². The molecule has 1 aromatic rings. The van der Waals surface area contributed by atoms with Crippen LogP contribution >= 0.6 is 11.6 Å². The van der Waals surface area contributed by atoms with Crippen LogP contribution < -0.4 is 5.73 Å². The van der Waals surface area contributed by atoms with Gasteiger partial charge in [0.2, 0.25) is 5.91 Å². The van der Waals surface area contributed by atoms with Gasteiger partial charge in [-0.05, 0) is 12.1 Å². The molecule has 2 unspecified atom stereocenters. The van der Waals surface area contributed by atoms with Gasteiger partial charge in [0.1, 0.15) is 11.9 Å². The first-order chi connectivity index (χ1) is 7.41. The smallest absolute Gasteiger partial charge is 0.220 e. The summed E-state index contributed by atoms with van der Waals surface area (Å²) in [4.78, 5) is 10.6. The second kappa shape index (κ2) is 5.16. The van der Waals surface area contributed by atoms with E-state index in [2.05, 4.69) is 0 Å². The van der Waals surface area contributed by atoms with Crippen LogP contribution in [-0.4, -0.2) is 27.3 Å². The zero-order valence-corrected chi connectivity index (χ0v) is 9.05. The molecule has 5 N–H and O–H groups in total. The Labute approximate surface area is 97.1 Å². The monoisotopic (exact) mass is 245 g/mol. The van der Waals surface area contributed by atoms with E-state index in [1.165, 1.54) is 18.2 Å². The maximum atomic E-state index is 10.6. The number of halogens is 1. The highest BCUT2D eigenvalue weighted by atomic mass is 35.5. The van der Waals surface area contributed by atoms with Gasteiger partial charge in [0.15, 0.2) is 0 Å². The molecule has 0 aliphatic carbocycles. The van der Waals surface area contributed by atoms with Crippen molar-refractivity contribution in [2.24, 2.45) is 5.73 Å².